The minimum atomic E-state index is -0.715. The summed E-state index contributed by atoms with van der Waals surface area (Å²) in [6.45, 7) is 6.75. The summed E-state index contributed by atoms with van der Waals surface area (Å²) in [6, 6.07) is 13.6. The molecule has 0 atom stereocenters. The number of benzene rings is 1. The molecular weight excluding hydrogens is 416 g/mol. The van der Waals surface area contributed by atoms with E-state index in [0.29, 0.717) is 41.8 Å². The summed E-state index contributed by atoms with van der Waals surface area (Å²) < 4.78 is 5.92. The SMILES string of the molecule is Cc1ncc(-c2ccnc(C(C)(C)C#N)c2)nc1-c1nnc(-c2ccc(NCCN)cc2)o1.[HH].[HH].[HH]. The molecular formula is C24H30N8O. The van der Waals surface area contributed by atoms with Gasteiger partial charge >= 0.3 is 0 Å². The van der Waals surface area contributed by atoms with Crippen LogP contribution in [0.4, 0.5) is 5.69 Å². The van der Waals surface area contributed by atoms with E-state index in [1.807, 2.05) is 57.2 Å². The van der Waals surface area contributed by atoms with Crippen molar-refractivity contribution < 1.29 is 8.70 Å². The number of rotatable bonds is 7. The molecule has 0 saturated heterocycles. The van der Waals surface area contributed by atoms with Crippen molar-refractivity contribution in [3.63, 3.8) is 0 Å². The Balaban J connectivity index is 0.00000216. The van der Waals surface area contributed by atoms with Crippen LogP contribution in [-0.2, 0) is 5.41 Å². The highest BCUT2D eigenvalue weighted by atomic mass is 16.4. The molecule has 4 aromatic rings. The third-order valence-electron chi connectivity index (χ3n) is 5.16. The first-order chi connectivity index (χ1) is 15.9. The first kappa shape index (κ1) is 22.0. The third-order valence-corrected chi connectivity index (χ3v) is 5.16. The second-order valence-corrected chi connectivity index (χ2v) is 8.06. The van der Waals surface area contributed by atoms with Crippen molar-refractivity contribution >= 4 is 5.69 Å². The number of nitrogens with one attached hydrogen (secondary N) is 1. The van der Waals surface area contributed by atoms with E-state index in [-0.39, 0.29) is 10.2 Å². The molecule has 172 valence electrons. The van der Waals surface area contributed by atoms with Gasteiger partial charge in [-0.25, -0.2) is 4.98 Å². The number of anilines is 1. The standard InChI is InChI=1S/C24H24N8O.3H2/c1-15-21(23-32-31-22(33-23)16-4-6-18(7-5-16)27-11-9-25)30-19(13-29-15)17-8-10-28-20(12-17)24(2,3)14-26;;;/h4-8,10,12-13,27H,9,11,25H2,1-3H3;3*1H. The van der Waals surface area contributed by atoms with Crippen LogP contribution in [0.25, 0.3) is 34.3 Å². The molecule has 3 heterocycles. The van der Waals surface area contributed by atoms with Crippen LogP contribution in [0.15, 0.2) is 53.2 Å². The van der Waals surface area contributed by atoms with Crippen LogP contribution in [0, 0.1) is 18.3 Å². The number of hydrogen-bond acceptors (Lipinski definition) is 9. The topological polar surface area (TPSA) is 139 Å². The van der Waals surface area contributed by atoms with Crippen molar-refractivity contribution in [2.75, 3.05) is 18.4 Å². The molecule has 0 saturated carbocycles. The van der Waals surface area contributed by atoms with Crippen molar-refractivity contribution in [3.05, 3.63) is 60.2 Å². The van der Waals surface area contributed by atoms with Gasteiger partial charge in [0, 0.05) is 40.4 Å². The summed E-state index contributed by atoms with van der Waals surface area (Å²) in [7, 11) is 0. The number of nitrogens with two attached hydrogens (primary N) is 1. The molecule has 9 nitrogen and oxygen atoms in total. The Bertz CT molecular complexity index is 1320. The Labute approximate surface area is 196 Å². The fourth-order valence-corrected chi connectivity index (χ4v) is 3.16. The molecule has 0 aliphatic carbocycles. The van der Waals surface area contributed by atoms with E-state index < -0.39 is 5.41 Å². The number of pyridine rings is 1. The van der Waals surface area contributed by atoms with Crippen molar-refractivity contribution in [2.24, 2.45) is 5.73 Å². The van der Waals surface area contributed by atoms with Gasteiger partial charge < -0.3 is 15.5 Å². The monoisotopic (exact) mass is 446 g/mol. The molecule has 33 heavy (non-hydrogen) atoms. The largest absolute Gasteiger partial charge is 0.415 e. The van der Waals surface area contributed by atoms with Gasteiger partial charge in [-0.05, 0) is 57.2 Å². The Hall–Kier alpha value is -4.16. The van der Waals surface area contributed by atoms with Crippen LogP contribution in [0.1, 0.15) is 29.5 Å². The van der Waals surface area contributed by atoms with E-state index in [9.17, 15) is 5.26 Å². The molecule has 3 aromatic heterocycles. The predicted molar refractivity (Wildman–Crippen MR) is 131 cm³/mol. The van der Waals surface area contributed by atoms with E-state index in [1.165, 1.54) is 0 Å². The summed E-state index contributed by atoms with van der Waals surface area (Å²) in [4.78, 5) is 13.5. The molecule has 0 spiro atoms. The molecule has 0 aliphatic heterocycles. The highest BCUT2D eigenvalue weighted by molar-refractivity contribution is 5.64. The molecule has 0 radical (unpaired) electrons. The van der Waals surface area contributed by atoms with Crippen molar-refractivity contribution in [1.29, 1.82) is 5.26 Å². The lowest BCUT2D eigenvalue weighted by Gasteiger charge is -2.15. The average Bonchev–Trinajstić information content (AvgIpc) is 3.33. The van der Waals surface area contributed by atoms with Crippen LogP contribution >= 0.6 is 0 Å². The maximum Gasteiger partial charge on any atom is 0.268 e. The van der Waals surface area contributed by atoms with Crippen LogP contribution < -0.4 is 11.1 Å². The van der Waals surface area contributed by atoms with E-state index in [2.05, 4.69) is 31.6 Å². The van der Waals surface area contributed by atoms with Gasteiger partial charge in [0.15, 0.2) is 0 Å². The van der Waals surface area contributed by atoms with E-state index in [4.69, 9.17) is 15.1 Å². The Morgan fingerprint density at radius 3 is 2.58 bits per heavy atom. The number of hydrogen-bond donors (Lipinski definition) is 2. The molecule has 0 aliphatic rings. The van der Waals surface area contributed by atoms with Crippen LogP contribution in [0.5, 0.6) is 0 Å². The van der Waals surface area contributed by atoms with Gasteiger partial charge in [-0.15, -0.1) is 10.2 Å². The Morgan fingerprint density at radius 1 is 1.09 bits per heavy atom. The van der Waals surface area contributed by atoms with Crippen molar-refractivity contribution in [3.8, 4) is 40.4 Å². The summed E-state index contributed by atoms with van der Waals surface area (Å²) in [5, 5.41) is 21.0. The van der Waals surface area contributed by atoms with E-state index in [0.717, 1.165) is 16.8 Å². The zero-order valence-corrected chi connectivity index (χ0v) is 18.7. The van der Waals surface area contributed by atoms with Gasteiger partial charge in [-0.3, -0.25) is 9.97 Å². The highest BCUT2D eigenvalue weighted by Crippen LogP contribution is 2.29. The zero-order chi connectivity index (χ0) is 23.4. The average molecular weight is 447 g/mol. The van der Waals surface area contributed by atoms with Gasteiger partial charge in [0.1, 0.15) is 5.69 Å². The van der Waals surface area contributed by atoms with Gasteiger partial charge in [-0.2, -0.15) is 5.26 Å². The number of aromatic nitrogens is 5. The Kier molecular flexibility index (Phi) is 6.11. The maximum atomic E-state index is 9.43. The lowest BCUT2D eigenvalue weighted by Crippen LogP contribution is -2.15. The molecule has 0 amide bonds. The normalized spacial score (nSPS) is 11.2. The van der Waals surface area contributed by atoms with E-state index >= 15 is 0 Å². The predicted octanol–water partition coefficient (Wildman–Crippen LogP) is 4.47. The van der Waals surface area contributed by atoms with Gasteiger partial charge in [0.2, 0.25) is 5.89 Å². The summed E-state index contributed by atoms with van der Waals surface area (Å²) in [5.41, 5.74) is 9.84. The smallest absolute Gasteiger partial charge is 0.268 e. The Morgan fingerprint density at radius 2 is 1.85 bits per heavy atom. The molecule has 4 rings (SSSR count). The molecule has 1 aromatic carbocycles. The summed E-state index contributed by atoms with van der Waals surface area (Å²) >= 11 is 0. The number of nitrogens with zero attached hydrogens (tertiary/aromatic N) is 6. The first-order valence-corrected chi connectivity index (χ1v) is 10.5. The third kappa shape index (κ3) is 4.71. The van der Waals surface area contributed by atoms with Gasteiger partial charge in [0.25, 0.3) is 5.89 Å². The quantitative estimate of drug-likeness (QED) is 0.420. The molecule has 0 unspecified atom stereocenters. The molecule has 9 heteroatoms. The highest BCUT2D eigenvalue weighted by Gasteiger charge is 2.22. The van der Waals surface area contributed by atoms with Crippen molar-refractivity contribution in [2.45, 2.75) is 26.2 Å². The second kappa shape index (κ2) is 9.14. The molecule has 3 N–H and O–H groups in total. The van der Waals surface area contributed by atoms with Crippen LogP contribution in [-0.4, -0.2) is 38.2 Å². The molecule has 0 bridgehead atoms. The maximum absolute atomic E-state index is 9.43. The van der Waals surface area contributed by atoms with Gasteiger partial charge in [-0.1, -0.05) is 0 Å². The minimum absolute atomic E-state index is 0. The first-order valence-electron chi connectivity index (χ1n) is 10.5. The van der Waals surface area contributed by atoms with E-state index in [1.54, 1.807) is 12.4 Å². The lowest BCUT2D eigenvalue weighted by atomic mass is 9.90. The fraction of sp³-hybridized carbons (Fsp3) is 0.250. The fourth-order valence-electron chi connectivity index (χ4n) is 3.16. The number of nitriles is 1. The van der Waals surface area contributed by atoms with Crippen LogP contribution in [0.2, 0.25) is 0 Å². The summed E-state index contributed by atoms with van der Waals surface area (Å²) in [6.07, 6.45) is 3.35. The zero-order valence-electron chi connectivity index (χ0n) is 18.7. The summed E-state index contributed by atoms with van der Waals surface area (Å²) in [5.74, 6) is 0.678. The molecule has 0 fully saturated rings. The van der Waals surface area contributed by atoms with Crippen molar-refractivity contribution in [1.82, 2.24) is 25.1 Å². The van der Waals surface area contributed by atoms with Crippen LogP contribution in [0.3, 0.4) is 0 Å². The minimum Gasteiger partial charge on any atom is -0.415 e. The lowest BCUT2D eigenvalue weighted by molar-refractivity contribution is 0.581. The number of aryl methyl sites for hydroxylation is 1. The van der Waals surface area contributed by atoms with Gasteiger partial charge in [0.05, 0.1) is 34.8 Å². The second-order valence-electron chi connectivity index (χ2n) is 8.06.